The van der Waals surface area contributed by atoms with Gasteiger partial charge in [-0.3, -0.25) is 9.69 Å². The Kier molecular flexibility index (Phi) is 7.69. The Balaban J connectivity index is 1.47. The van der Waals surface area contributed by atoms with Crippen molar-refractivity contribution in [1.82, 2.24) is 10.2 Å². The summed E-state index contributed by atoms with van der Waals surface area (Å²) >= 11 is 0. The second-order valence-corrected chi connectivity index (χ2v) is 6.71. The van der Waals surface area contributed by atoms with Crippen LogP contribution in [0.4, 0.5) is 0 Å². The zero-order valence-electron chi connectivity index (χ0n) is 15.7. The van der Waals surface area contributed by atoms with Crippen LogP contribution >= 0.6 is 0 Å². The van der Waals surface area contributed by atoms with Crippen LogP contribution in [-0.2, 0) is 9.53 Å². The van der Waals surface area contributed by atoms with Crippen LogP contribution in [-0.4, -0.2) is 50.3 Å². The number of nitrogens with one attached hydrogen (secondary N) is 1. The van der Waals surface area contributed by atoms with E-state index in [0.29, 0.717) is 19.4 Å². The van der Waals surface area contributed by atoms with E-state index in [9.17, 15) is 4.79 Å². The summed E-state index contributed by atoms with van der Waals surface area (Å²) in [6.45, 7) is 4.67. The molecule has 5 nitrogen and oxygen atoms in total. The van der Waals surface area contributed by atoms with Crippen LogP contribution in [0, 0.1) is 0 Å². The van der Waals surface area contributed by atoms with E-state index in [1.807, 2.05) is 48.5 Å². The van der Waals surface area contributed by atoms with E-state index in [-0.39, 0.29) is 11.9 Å². The van der Waals surface area contributed by atoms with Crippen LogP contribution in [0.5, 0.6) is 5.75 Å². The summed E-state index contributed by atoms with van der Waals surface area (Å²) in [5.74, 6) is 0.904. The molecular formula is C22H28N2O3. The van der Waals surface area contributed by atoms with Crippen molar-refractivity contribution in [2.24, 2.45) is 0 Å². The molecule has 5 heteroatoms. The predicted molar refractivity (Wildman–Crippen MR) is 106 cm³/mol. The first-order valence-corrected chi connectivity index (χ1v) is 9.63. The molecular weight excluding hydrogens is 340 g/mol. The molecule has 1 unspecified atom stereocenters. The fourth-order valence-corrected chi connectivity index (χ4v) is 3.17. The molecule has 2 aromatic rings. The third-order valence-corrected chi connectivity index (χ3v) is 4.64. The maximum Gasteiger partial charge on any atom is 0.220 e. The van der Waals surface area contributed by atoms with Gasteiger partial charge in [-0.25, -0.2) is 0 Å². The van der Waals surface area contributed by atoms with Crippen molar-refractivity contribution in [2.45, 2.75) is 18.9 Å². The fraction of sp³-hybridized carbons (Fsp3) is 0.409. The molecule has 1 aliphatic heterocycles. The Labute approximate surface area is 161 Å². The first-order chi connectivity index (χ1) is 13.3. The van der Waals surface area contributed by atoms with Crippen molar-refractivity contribution in [3.05, 3.63) is 66.2 Å². The molecule has 0 bridgehead atoms. The minimum atomic E-state index is -0.00755. The summed E-state index contributed by atoms with van der Waals surface area (Å²) in [5, 5.41) is 3.20. The van der Waals surface area contributed by atoms with Crippen LogP contribution in [0.15, 0.2) is 60.7 Å². The van der Waals surface area contributed by atoms with Gasteiger partial charge in [0.15, 0.2) is 0 Å². The lowest BCUT2D eigenvalue weighted by atomic mass is 10.1. The zero-order valence-corrected chi connectivity index (χ0v) is 15.7. The normalized spacial score (nSPS) is 15.9. The third-order valence-electron chi connectivity index (χ3n) is 4.64. The molecule has 1 aliphatic rings. The Morgan fingerprint density at radius 3 is 2.41 bits per heavy atom. The van der Waals surface area contributed by atoms with Gasteiger partial charge in [0, 0.05) is 26.1 Å². The number of morpholine rings is 1. The zero-order chi connectivity index (χ0) is 18.7. The summed E-state index contributed by atoms with van der Waals surface area (Å²) in [7, 11) is 0. The lowest BCUT2D eigenvalue weighted by molar-refractivity contribution is -0.122. The number of nitrogens with zero attached hydrogens (tertiary/aromatic N) is 1. The Morgan fingerprint density at radius 1 is 1.04 bits per heavy atom. The number of hydrogen-bond donors (Lipinski definition) is 1. The molecule has 0 spiro atoms. The number of rotatable bonds is 9. The van der Waals surface area contributed by atoms with Gasteiger partial charge >= 0.3 is 0 Å². The van der Waals surface area contributed by atoms with Gasteiger partial charge < -0.3 is 14.8 Å². The average Bonchev–Trinajstić information content (AvgIpc) is 2.73. The maximum absolute atomic E-state index is 12.5. The third kappa shape index (κ3) is 6.70. The van der Waals surface area contributed by atoms with Gasteiger partial charge in [-0.15, -0.1) is 0 Å². The molecule has 3 rings (SSSR count). The van der Waals surface area contributed by atoms with Gasteiger partial charge in [0.25, 0.3) is 0 Å². The summed E-state index contributed by atoms with van der Waals surface area (Å²) < 4.78 is 11.1. The molecule has 1 saturated heterocycles. The van der Waals surface area contributed by atoms with Gasteiger partial charge in [0.2, 0.25) is 5.91 Å². The predicted octanol–water partition coefficient (Wildman–Crippen LogP) is 3.04. The van der Waals surface area contributed by atoms with Crippen LogP contribution in [0.1, 0.15) is 24.4 Å². The largest absolute Gasteiger partial charge is 0.494 e. The molecule has 27 heavy (non-hydrogen) atoms. The Hall–Kier alpha value is -2.37. The number of carbonyl (C=O) groups excluding carboxylic acids is 1. The van der Waals surface area contributed by atoms with Crippen LogP contribution in [0.2, 0.25) is 0 Å². The van der Waals surface area contributed by atoms with E-state index >= 15 is 0 Å². The van der Waals surface area contributed by atoms with Crippen molar-refractivity contribution < 1.29 is 14.3 Å². The SMILES string of the molecule is O=C(CCCOc1ccccc1)NC(CN1CCOCC1)c1ccccc1. The molecule has 1 amide bonds. The number of ether oxygens (including phenoxy) is 2. The number of benzene rings is 2. The van der Waals surface area contributed by atoms with Crippen molar-refractivity contribution >= 4 is 5.91 Å². The van der Waals surface area contributed by atoms with Crippen molar-refractivity contribution in [3.63, 3.8) is 0 Å². The summed E-state index contributed by atoms with van der Waals surface area (Å²) in [6, 6.07) is 19.9. The molecule has 1 N–H and O–H groups in total. The highest BCUT2D eigenvalue weighted by Crippen LogP contribution is 2.16. The van der Waals surface area contributed by atoms with Crippen molar-refractivity contribution in [1.29, 1.82) is 0 Å². The van der Waals surface area contributed by atoms with Gasteiger partial charge in [0.05, 0.1) is 25.9 Å². The Morgan fingerprint density at radius 2 is 1.70 bits per heavy atom. The van der Waals surface area contributed by atoms with Crippen LogP contribution in [0.3, 0.4) is 0 Å². The highest BCUT2D eigenvalue weighted by atomic mass is 16.5. The molecule has 0 saturated carbocycles. The molecule has 2 aromatic carbocycles. The van der Waals surface area contributed by atoms with Crippen LogP contribution in [0.25, 0.3) is 0 Å². The molecule has 144 valence electrons. The average molecular weight is 368 g/mol. The van der Waals surface area contributed by atoms with E-state index in [4.69, 9.17) is 9.47 Å². The molecule has 0 radical (unpaired) electrons. The first-order valence-electron chi connectivity index (χ1n) is 9.63. The Bertz CT molecular complexity index is 672. The fourth-order valence-electron chi connectivity index (χ4n) is 3.17. The highest BCUT2D eigenvalue weighted by molar-refractivity contribution is 5.76. The first kappa shape index (κ1) is 19.4. The summed E-state index contributed by atoms with van der Waals surface area (Å²) in [5.41, 5.74) is 1.14. The number of carbonyl (C=O) groups is 1. The van der Waals surface area contributed by atoms with Gasteiger partial charge in [-0.2, -0.15) is 0 Å². The maximum atomic E-state index is 12.5. The van der Waals surface area contributed by atoms with Crippen LogP contribution < -0.4 is 10.1 Å². The van der Waals surface area contributed by atoms with Gasteiger partial charge in [0.1, 0.15) is 5.75 Å². The summed E-state index contributed by atoms with van der Waals surface area (Å²) in [6.07, 6.45) is 1.15. The van der Waals surface area contributed by atoms with Crippen molar-refractivity contribution in [2.75, 3.05) is 39.5 Å². The van der Waals surface area contributed by atoms with Gasteiger partial charge in [-0.05, 0) is 24.1 Å². The van der Waals surface area contributed by atoms with E-state index in [1.165, 1.54) is 0 Å². The minimum absolute atomic E-state index is 0.00755. The van der Waals surface area contributed by atoms with E-state index in [1.54, 1.807) is 0 Å². The topological polar surface area (TPSA) is 50.8 Å². The quantitative estimate of drug-likeness (QED) is 0.691. The molecule has 0 aliphatic carbocycles. The smallest absolute Gasteiger partial charge is 0.220 e. The molecule has 1 fully saturated rings. The monoisotopic (exact) mass is 368 g/mol. The second-order valence-electron chi connectivity index (χ2n) is 6.71. The number of hydrogen-bond acceptors (Lipinski definition) is 4. The van der Waals surface area contributed by atoms with Gasteiger partial charge in [-0.1, -0.05) is 48.5 Å². The lowest BCUT2D eigenvalue weighted by Crippen LogP contribution is -2.43. The molecule has 0 aromatic heterocycles. The van der Waals surface area contributed by atoms with E-state index < -0.39 is 0 Å². The standard InChI is InChI=1S/C22H28N2O3/c25-22(12-7-15-27-20-10-5-2-6-11-20)23-21(19-8-3-1-4-9-19)18-24-13-16-26-17-14-24/h1-6,8-11,21H,7,12-18H2,(H,23,25). The second kappa shape index (κ2) is 10.7. The molecule has 1 heterocycles. The molecule has 1 atom stereocenters. The number of para-hydroxylation sites is 1. The number of amides is 1. The lowest BCUT2D eigenvalue weighted by Gasteiger charge is -2.31. The van der Waals surface area contributed by atoms with E-state index in [0.717, 1.165) is 44.2 Å². The summed E-state index contributed by atoms with van der Waals surface area (Å²) in [4.78, 5) is 14.8. The van der Waals surface area contributed by atoms with E-state index in [2.05, 4.69) is 22.3 Å². The van der Waals surface area contributed by atoms with Crippen molar-refractivity contribution in [3.8, 4) is 5.75 Å². The minimum Gasteiger partial charge on any atom is -0.494 e. The highest BCUT2D eigenvalue weighted by Gasteiger charge is 2.19.